The van der Waals surface area contributed by atoms with E-state index < -0.39 is 5.97 Å². The number of ether oxygens (including phenoxy) is 1. The van der Waals surface area contributed by atoms with E-state index in [0.717, 1.165) is 5.56 Å². The number of carboxylic acids is 1. The van der Waals surface area contributed by atoms with Crippen LogP contribution in [0.5, 0.6) is 5.75 Å². The lowest BCUT2D eigenvalue weighted by atomic mass is 10.1. The second-order valence-corrected chi connectivity index (χ2v) is 3.96. The number of nitrogens with zero attached hydrogens (tertiary/aromatic N) is 1. The molecule has 0 atom stereocenters. The molecule has 0 saturated carbocycles. The van der Waals surface area contributed by atoms with Crippen LogP contribution in [-0.2, 0) is 0 Å². The van der Waals surface area contributed by atoms with Gasteiger partial charge >= 0.3 is 5.97 Å². The standard InChI is InChI=1S/C13H10BrNO3/c14-8-18-10-6-11(9-4-2-1-3-5-9)15-12(7-10)13(16)17/h1-7H,8H2,(H,16,17). The van der Waals surface area contributed by atoms with E-state index in [2.05, 4.69) is 20.9 Å². The number of alkyl halides is 1. The molecule has 0 aliphatic carbocycles. The Balaban J connectivity index is 2.50. The first kappa shape index (κ1) is 12.6. The molecule has 0 amide bonds. The van der Waals surface area contributed by atoms with E-state index in [4.69, 9.17) is 9.84 Å². The van der Waals surface area contributed by atoms with Crippen LogP contribution in [0.15, 0.2) is 42.5 Å². The van der Waals surface area contributed by atoms with Gasteiger partial charge < -0.3 is 9.84 Å². The van der Waals surface area contributed by atoms with E-state index in [1.54, 1.807) is 6.07 Å². The SMILES string of the molecule is O=C(O)c1cc(OCBr)cc(-c2ccccc2)n1. The van der Waals surface area contributed by atoms with Gasteiger partial charge in [-0.25, -0.2) is 9.78 Å². The lowest BCUT2D eigenvalue weighted by molar-refractivity contribution is 0.0690. The van der Waals surface area contributed by atoms with E-state index >= 15 is 0 Å². The Morgan fingerprint density at radius 1 is 1.28 bits per heavy atom. The summed E-state index contributed by atoms with van der Waals surface area (Å²) in [5.41, 5.74) is 1.68. The van der Waals surface area contributed by atoms with Gasteiger partial charge in [0.15, 0.2) is 5.69 Å². The second kappa shape index (κ2) is 5.64. The number of aromatic carboxylic acids is 1. The Hall–Kier alpha value is -1.88. The van der Waals surface area contributed by atoms with Crippen LogP contribution < -0.4 is 4.74 Å². The smallest absolute Gasteiger partial charge is 0.354 e. The molecule has 0 bridgehead atoms. The third kappa shape index (κ3) is 2.87. The van der Waals surface area contributed by atoms with Crippen molar-refractivity contribution in [2.75, 3.05) is 5.52 Å². The molecule has 2 aromatic rings. The number of halogens is 1. The van der Waals surface area contributed by atoms with Crippen LogP contribution in [-0.4, -0.2) is 21.6 Å². The summed E-state index contributed by atoms with van der Waals surface area (Å²) in [5, 5.41) is 9.02. The van der Waals surface area contributed by atoms with Gasteiger partial charge in [-0.3, -0.25) is 0 Å². The molecule has 18 heavy (non-hydrogen) atoms. The molecule has 0 spiro atoms. The monoisotopic (exact) mass is 307 g/mol. The summed E-state index contributed by atoms with van der Waals surface area (Å²) in [6.45, 7) is 0. The maximum atomic E-state index is 11.0. The highest BCUT2D eigenvalue weighted by Crippen LogP contribution is 2.23. The molecule has 0 radical (unpaired) electrons. The minimum Gasteiger partial charge on any atom is -0.482 e. The van der Waals surface area contributed by atoms with Crippen molar-refractivity contribution in [3.05, 3.63) is 48.2 Å². The van der Waals surface area contributed by atoms with Crippen LogP contribution in [0.3, 0.4) is 0 Å². The summed E-state index contributed by atoms with van der Waals surface area (Å²) in [6, 6.07) is 12.5. The van der Waals surface area contributed by atoms with Gasteiger partial charge in [-0.05, 0) is 15.9 Å². The molecule has 1 heterocycles. The Kier molecular flexibility index (Phi) is 3.94. The molecule has 0 aliphatic heterocycles. The second-order valence-electron chi connectivity index (χ2n) is 3.50. The first-order chi connectivity index (χ1) is 8.70. The molecule has 92 valence electrons. The third-order valence-electron chi connectivity index (χ3n) is 2.31. The van der Waals surface area contributed by atoms with Gasteiger partial charge in [-0.15, -0.1) is 0 Å². The summed E-state index contributed by atoms with van der Waals surface area (Å²) < 4.78 is 5.27. The third-order valence-corrected chi connectivity index (χ3v) is 2.54. The zero-order chi connectivity index (χ0) is 13.0. The Morgan fingerprint density at radius 2 is 2.00 bits per heavy atom. The molecule has 1 aromatic carbocycles. The maximum Gasteiger partial charge on any atom is 0.354 e. The average Bonchev–Trinajstić information content (AvgIpc) is 2.40. The van der Waals surface area contributed by atoms with Gasteiger partial charge in [0.05, 0.1) is 5.69 Å². The van der Waals surface area contributed by atoms with Crippen molar-refractivity contribution in [2.45, 2.75) is 0 Å². The summed E-state index contributed by atoms with van der Waals surface area (Å²) >= 11 is 3.14. The molecule has 1 aromatic heterocycles. The van der Waals surface area contributed by atoms with E-state index in [9.17, 15) is 4.79 Å². The van der Waals surface area contributed by atoms with E-state index in [1.165, 1.54) is 6.07 Å². The van der Waals surface area contributed by atoms with Crippen LogP contribution in [0.4, 0.5) is 0 Å². The summed E-state index contributed by atoms with van der Waals surface area (Å²) in [4.78, 5) is 15.1. The zero-order valence-corrected chi connectivity index (χ0v) is 10.9. The number of rotatable bonds is 4. The van der Waals surface area contributed by atoms with Gasteiger partial charge in [0.25, 0.3) is 0 Å². The lowest BCUT2D eigenvalue weighted by Gasteiger charge is -2.07. The van der Waals surface area contributed by atoms with Crippen LogP contribution in [0.2, 0.25) is 0 Å². The van der Waals surface area contributed by atoms with Gasteiger partial charge in [0, 0.05) is 17.7 Å². The van der Waals surface area contributed by atoms with Crippen molar-refractivity contribution < 1.29 is 14.6 Å². The molecule has 5 heteroatoms. The van der Waals surface area contributed by atoms with Crippen LogP contribution >= 0.6 is 15.9 Å². The van der Waals surface area contributed by atoms with E-state index in [0.29, 0.717) is 17.0 Å². The van der Waals surface area contributed by atoms with Gasteiger partial charge in [0.1, 0.15) is 11.3 Å². The fourth-order valence-electron chi connectivity index (χ4n) is 1.52. The molecule has 0 unspecified atom stereocenters. The highest BCUT2D eigenvalue weighted by atomic mass is 79.9. The number of hydrogen-bond donors (Lipinski definition) is 1. The van der Waals surface area contributed by atoms with Crippen LogP contribution in [0.1, 0.15) is 10.5 Å². The number of pyridine rings is 1. The lowest BCUT2D eigenvalue weighted by Crippen LogP contribution is -2.02. The van der Waals surface area contributed by atoms with Crippen LogP contribution in [0, 0.1) is 0 Å². The largest absolute Gasteiger partial charge is 0.482 e. The highest BCUT2D eigenvalue weighted by molar-refractivity contribution is 9.09. The summed E-state index contributed by atoms with van der Waals surface area (Å²) in [5.74, 6) is -0.606. The van der Waals surface area contributed by atoms with Gasteiger partial charge in [-0.2, -0.15) is 0 Å². The quantitative estimate of drug-likeness (QED) is 0.881. The van der Waals surface area contributed by atoms with Crippen molar-refractivity contribution in [1.82, 2.24) is 4.98 Å². The Bertz CT molecular complexity index is 557. The molecule has 1 N–H and O–H groups in total. The predicted molar refractivity (Wildman–Crippen MR) is 71.1 cm³/mol. The minimum absolute atomic E-state index is 0.0349. The average molecular weight is 308 g/mol. The number of benzene rings is 1. The fourth-order valence-corrected chi connectivity index (χ4v) is 1.78. The Labute approximate surface area is 112 Å². The van der Waals surface area contributed by atoms with Gasteiger partial charge in [-0.1, -0.05) is 30.3 Å². The highest BCUT2D eigenvalue weighted by Gasteiger charge is 2.10. The molecular weight excluding hydrogens is 298 g/mol. The van der Waals surface area contributed by atoms with Crippen molar-refractivity contribution in [1.29, 1.82) is 0 Å². The van der Waals surface area contributed by atoms with Crippen molar-refractivity contribution in [3.63, 3.8) is 0 Å². The zero-order valence-electron chi connectivity index (χ0n) is 9.34. The molecule has 2 rings (SSSR count). The normalized spacial score (nSPS) is 10.1. The minimum atomic E-state index is -1.08. The predicted octanol–water partition coefficient (Wildman–Crippen LogP) is 3.18. The summed E-state index contributed by atoms with van der Waals surface area (Å²) in [7, 11) is 0. The molecular formula is C13H10BrNO3. The van der Waals surface area contributed by atoms with Crippen LogP contribution in [0.25, 0.3) is 11.3 Å². The van der Waals surface area contributed by atoms with E-state index in [1.807, 2.05) is 30.3 Å². The fraction of sp³-hybridized carbons (Fsp3) is 0.0769. The van der Waals surface area contributed by atoms with E-state index in [-0.39, 0.29) is 5.69 Å². The number of hydrogen-bond acceptors (Lipinski definition) is 3. The Morgan fingerprint density at radius 3 is 2.61 bits per heavy atom. The van der Waals surface area contributed by atoms with Crippen molar-refractivity contribution in [2.24, 2.45) is 0 Å². The summed E-state index contributed by atoms with van der Waals surface area (Å²) in [6.07, 6.45) is 0. The number of aromatic nitrogens is 1. The number of carbonyl (C=O) groups is 1. The molecule has 0 aliphatic rings. The van der Waals surface area contributed by atoms with Crippen molar-refractivity contribution >= 4 is 21.9 Å². The number of carboxylic acid groups (broad SMARTS) is 1. The molecule has 4 nitrogen and oxygen atoms in total. The van der Waals surface area contributed by atoms with Crippen molar-refractivity contribution in [3.8, 4) is 17.0 Å². The molecule has 0 saturated heterocycles. The first-order valence-electron chi connectivity index (χ1n) is 5.20. The first-order valence-corrected chi connectivity index (χ1v) is 6.32. The van der Waals surface area contributed by atoms with Gasteiger partial charge in [0.2, 0.25) is 0 Å². The maximum absolute atomic E-state index is 11.0. The molecule has 0 fully saturated rings. The topological polar surface area (TPSA) is 59.4 Å².